The van der Waals surface area contributed by atoms with Crippen LogP contribution in [0.3, 0.4) is 0 Å². The molecule has 0 radical (unpaired) electrons. The maximum absolute atomic E-state index is 13.2. The third-order valence-electron chi connectivity index (χ3n) is 17.4. The highest BCUT2D eigenvalue weighted by molar-refractivity contribution is 7.47. The van der Waals surface area contributed by atoms with E-state index in [9.17, 15) is 43.2 Å². The topological polar surface area (TPSA) is 237 Å². The van der Waals surface area contributed by atoms with Crippen LogP contribution in [0.5, 0.6) is 0 Å². The second-order valence-electron chi connectivity index (χ2n) is 27.9. The molecule has 0 amide bonds. The number of rotatable bonds is 79. The minimum absolute atomic E-state index is 0.0657. The summed E-state index contributed by atoms with van der Waals surface area (Å²) in [4.78, 5) is 73.3. The fraction of sp³-hybridized carbons (Fsp3) is 0.634. The highest BCUT2D eigenvalue weighted by Gasteiger charge is 2.30. The van der Waals surface area contributed by atoms with Crippen molar-refractivity contribution in [1.29, 1.82) is 0 Å². The average Bonchev–Trinajstić information content (AvgIpc) is 0.898. The summed E-state index contributed by atoms with van der Waals surface area (Å²) in [5.74, 6) is -2.25. The van der Waals surface area contributed by atoms with Gasteiger partial charge in [0.2, 0.25) is 0 Å². The number of allylic oxidation sites excluding steroid dienone is 30. The van der Waals surface area contributed by atoms with E-state index in [1.54, 1.807) is 0 Å². The van der Waals surface area contributed by atoms with Crippen molar-refractivity contribution in [3.8, 4) is 0 Å². The first-order valence-electron chi connectivity index (χ1n) is 43.0. The van der Waals surface area contributed by atoms with E-state index in [1.165, 1.54) is 0 Å². The number of carbonyl (C=O) groups excluding carboxylic acids is 4. The molecule has 0 rings (SSSR count). The Hall–Kier alpha value is -5.84. The number of phosphoric acid groups is 2. The molecular weight excluding hydrogens is 1450 g/mol. The van der Waals surface area contributed by atoms with Gasteiger partial charge in [0.05, 0.1) is 26.4 Å². The van der Waals surface area contributed by atoms with E-state index in [4.69, 9.17) is 37.0 Å². The zero-order valence-corrected chi connectivity index (χ0v) is 71.6. The Labute approximate surface area is 679 Å². The van der Waals surface area contributed by atoms with E-state index >= 15 is 0 Å². The zero-order valence-electron chi connectivity index (χ0n) is 69.8. The molecule has 0 aliphatic heterocycles. The van der Waals surface area contributed by atoms with Crippen LogP contribution in [0, 0.1) is 0 Å². The van der Waals surface area contributed by atoms with Crippen molar-refractivity contribution >= 4 is 39.5 Å². The van der Waals surface area contributed by atoms with E-state index in [-0.39, 0.29) is 25.7 Å². The van der Waals surface area contributed by atoms with Crippen LogP contribution in [-0.2, 0) is 65.4 Å². The van der Waals surface area contributed by atoms with Gasteiger partial charge in [-0.25, -0.2) is 9.13 Å². The number of aliphatic hydroxyl groups is 1. The molecule has 5 atom stereocenters. The summed E-state index contributed by atoms with van der Waals surface area (Å²) in [5.41, 5.74) is 0. The normalized spacial score (nSPS) is 14.7. The molecule has 0 aromatic carbocycles. The zero-order chi connectivity index (χ0) is 81.7. The summed E-state index contributed by atoms with van der Waals surface area (Å²) < 4.78 is 68.8. The monoisotopic (exact) mass is 1600 g/mol. The summed E-state index contributed by atoms with van der Waals surface area (Å²) in [6, 6.07) is 0. The first kappa shape index (κ1) is 106. The first-order chi connectivity index (χ1) is 54.7. The van der Waals surface area contributed by atoms with Gasteiger partial charge in [0.1, 0.15) is 19.3 Å². The molecule has 0 aromatic heterocycles. The van der Waals surface area contributed by atoms with Crippen LogP contribution >= 0.6 is 15.6 Å². The average molecular weight is 1600 g/mol. The third-order valence-corrected chi connectivity index (χ3v) is 19.3. The molecule has 0 heterocycles. The van der Waals surface area contributed by atoms with Crippen LogP contribution in [0.4, 0.5) is 0 Å². The van der Waals surface area contributed by atoms with Crippen LogP contribution in [0.25, 0.3) is 0 Å². The number of aliphatic hydroxyl groups excluding tert-OH is 1. The Morgan fingerprint density at radius 1 is 0.250 bits per heavy atom. The number of hydrogen-bond acceptors (Lipinski definition) is 15. The molecular formula is C93H152O17P2. The maximum atomic E-state index is 13.2. The predicted octanol–water partition coefficient (Wildman–Crippen LogP) is 25.9. The number of unbranched alkanes of at least 4 members (excludes halogenated alkanes) is 23. The van der Waals surface area contributed by atoms with E-state index < -0.39 is 97.5 Å². The van der Waals surface area contributed by atoms with Gasteiger partial charge in [-0.05, 0) is 173 Å². The Morgan fingerprint density at radius 2 is 0.438 bits per heavy atom. The van der Waals surface area contributed by atoms with Crippen molar-refractivity contribution < 1.29 is 80.2 Å². The molecule has 5 unspecified atom stereocenters. The van der Waals surface area contributed by atoms with Gasteiger partial charge in [0.15, 0.2) is 12.2 Å². The second-order valence-corrected chi connectivity index (χ2v) is 30.9. The third kappa shape index (κ3) is 82.2. The molecule has 17 nitrogen and oxygen atoms in total. The number of ether oxygens (including phenoxy) is 4. The lowest BCUT2D eigenvalue weighted by Gasteiger charge is -2.21. The van der Waals surface area contributed by atoms with Gasteiger partial charge in [0, 0.05) is 25.7 Å². The second kappa shape index (κ2) is 83.1. The highest BCUT2D eigenvalue weighted by atomic mass is 31.2. The minimum atomic E-state index is -5.00. The highest BCUT2D eigenvalue weighted by Crippen LogP contribution is 2.45. The van der Waals surface area contributed by atoms with E-state index in [1.807, 2.05) is 0 Å². The van der Waals surface area contributed by atoms with Crippen LogP contribution in [0.15, 0.2) is 182 Å². The molecule has 0 saturated carbocycles. The largest absolute Gasteiger partial charge is 0.472 e. The molecule has 636 valence electrons. The Bertz CT molecular complexity index is 2840. The number of esters is 4. The van der Waals surface area contributed by atoms with Crippen molar-refractivity contribution in [3.63, 3.8) is 0 Å². The van der Waals surface area contributed by atoms with Crippen molar-refractivity contribution in [3.05, 3.63) is 182 Å². The molecule has 0 aromatic rings. The summed E-state index contributed by atoms with van der Waals surface area (Å²) in [5, 5.41) is 10.7. The van der Waals surface area contributed by atoms with Gasteiger partial charge < -0.3 is 33.8 Å². The smallest absolute Gasteiger partial charge is 0.462 e. The van der Waals surface area contributed by atoms with E-state index in [0.29, 0.717) is 25.7 Å². The lowest BCUT2D eigenvalue weighted by molar-refractivity contribution is -0.161. The first-order valence-corrected chi connectivity index (χ1v) is 46.0. The summed E-state index contributed by atoms with van der Waals surface area (Å²) in [7, 11) is -10.0. The van der Waals surface area contributed by atoms with E-state index in [2.05, 4.69) is 210 Å². The molecule has 0 bridgehead atoms. The molecule has 0 aliphatic rings. The standard InChI is InChI=1S/C93H152O17P2/c1-5-9-13-17-21-25-29-33-37-40-43-46-50-53-57-61-65-69-73-77-90(95)103-83-88(109-92(97)79-75-71-67-63-59-55-49-36-32-28-24-20-16-12-8-4)85-107-111(99,100)105-81-87(94)82-106-112(101,102)108-86-89(110-93(98)80-76-72-68-64-60-56-52-48-45-42-39-35-31-27-23-19-15-11-7-3)84-104-91(96)78-74-70-66-62-58-54-51-47-44-41-38-34-30-26-22-18-14-10-6-2/h9-16,21-28,33-39,43-49,87-89,94H,5-8,17-20,29-32,40-42,50-86H2,1-4H3,(H,99,100)(H,101,102)/b13-9-,14-10-,15-11-,16-12-,25-21-,26-22-,27-23-,28-24-,37-33-,38-34-,39-35-,46-43-,47-44-,48-45-,49-36-. The molecule has 0 saturated heterocycles. The molecule has 112 heavy (non-hydrogen) atoms. The van der Waals surface area contributed by atoms with Gasteiger partial charge in [0.25, 0.3) is 0 Å². The molecule has 0 spiro atoms. The lowest BCUT2D eigenvalue weighted by atomic mass is 10.1. The summed E-state index contributed by atoms with van der Waals surface area (Å²) in [6.45, 7) is 4.37. The van der Waals surface area contributed by atoms with Gasteiger partial charge >= 0.3 is 39.5 Å². The molecule has 0 fully saturated rings. The minimum Gasteiger partial charge on any atom is -0.462 e. The van der Waals surface area contributed by atoms with Gasteiger partial charge in [-0.2, -0.15) is 0 Å². The number of hydrogen-bond donors (Lipinski definition) is 3. The van der Waals surface area contributed by atoms with E-state index in [0.717, 1.165) is 244 Å². The van der Waals surface area contributed by atoms with Crippen molar-refractivity contribution in [2.75, 3.05) is 39.6 Å². The van der Waals surface area contributed by atoms with Crippen LogP contribution < -0.4 is 0 Å². The van der Waals surface area contributed by atoms with Gasteiger partial charge in [-0.3, -0.25) is 37.3 Å². The SMILES string of the molecule is CC/C=C\C/C=C\C/C=C\C/C=C\CCCCCCCCC(=O)OCC(COP(=O)(O)OCC(O)COP(=O)(O)OCC(COC(=O)CCCCCCCC/C=C\C/C=C\C/C=C\C/C=C\CC)OC(=O)CCCCCCCC/C=C\C/C=C\C/C=C\C/C=C\CC)OC(=O)CCCCCCC/C=C\C/C=C\C/C=C\CC. The van der Waals surface area contributed by atoms with Crippen LogP contribution in [0.2, 0.25) is 0 Å². The van der Waals surface area contributed by atoms with Crippen molar-refractivity contribution in [1.82, 2.24) is 0 Å². The Kier molecular flexibility index (Phi) is 78.8. The molecule has 19 heteroatoms. The van der Waals surface area contributed by atoms with Crippen LogP contribution in [0.1, 0.15) is 323 Å². The van der Waals surface area contributed by atoms with Crippen molar-refractivity contribution in [2.24, 2.45) is 0 Å². The summed E-state index contributed by atoms with van der Waals surface area (Å²) in [6.07, 6.45) is 101. The fourth-order valence-electron chi connectivity index (χ4n) is 11.0. The van der Waals surface area contributed by atoms with Gasteiger partial charge in [-0.15, -0.1) is 0 Å². The predicted molar refractivity (Wildman–Crippen MR) is 463 cm³/mol. The Balaban J connectivity index is 5.44. The Morgan fingerprint density at radius 3 is 0.670 bits per heavy atom. The van der Waals surface area contributed by atoms with Gasteiger partial charge in [-0.1, -0.05) is 306 Å². The molecule has 0 aliphatic carbocycles. The summed E-state index contributed by atoms with van der Waals surface area (Å²) >= 11 is 0. The lowest BCUT2D eigenvalue weighted by Crippen LogP contribution is -2.30. The quantitative estimate of drug-likeness (QED) is 0.0169. The maximum Gasteiger partial charge on any atom is 0.472 e. The van der Waals surface area contributed by atoms with Crippen molar-refractivity contribution in [2.45, 2.75) is 341 Å². The van der Waals surface area contributed by atoms with Crippen LogP contribution in [-0.4, -0.2) is 96.7 Å². The number of phosphoric ester groups is 2. The molecule has 3 N–H and O–H groups in total. The number of carbonyl (C=O) groups is 4. The fourth-order valence-corrected chi connectivity index (χ4v) is 12.6.